The molecule has 0 aliphatic carbocycles. The van der Waals surface area contributed by atoms with Crippen LogP contribution >= 0.6 is 12.2 Å². The molecule has 5 heteroatoms. The minimum Gasteiger partial charge on any atom is -0.485 e. The first-order chi connectivity index (χ1) is 8.63. The summed E-state index contributed by atoms with van der Waals surface area (Å²) in [5.74, 6) is -0.128. The Morgan fingerprint density at radius 3 is 2.67 bits per heavy atom. The van der Waals surface area contributed by atoms with Gasteiger partial charge in [0, 0.05) is 0 Å². The molecule has 94 valence electrons. The SMILES string of the molecule is COC(=S)C(=Cc1ccccc1)N1CC(N)C1=O. The van der Waals surface area contributed by atoms with Gasteiger partial charge in [-0.2, -0.15) is 0 Å². The zero-order valence-corrected chi connectivity index (χ0v) is 10.8. The molecule has 1 heterocycles. The highest BCUT2D eigenvalue weighted by atomic mass is 32.1. The molecule has 0 aromatic heterocycles. The number of β-lactam (4-membered cyclic amide) rings is 1. The first kappa shape index (κ1) is 12.7. The van der Waals surface area contributed by atoms with E-state index in [1.807, 2.05) is 36.4 Å². The topological polar surface area (TPSA) is 55.6 Å². The second kappa shape index (κ2) is 5.29. The van der Waals surface area contributed by atoms with Gasteiger partial charge in [-0.25, -0.2) is 0 Å². The van der Waals surface area contributed by atoms with Gasteiger partial charge >= 0.3 is 0 Å². The molecule has 1 unspecified atom stereocenters. The van der Waals surface area contributed by atoms with Crippen molar-refractivity contribution in [2.45, 2.75) is 6.04 Å². The summed E-state index contributed by atoms with van der Waals surface area (Å²) < 4.78 is 5.05. The number of methoxy groups -OCH3 is 1. The second-order valence-corrected chi connectivity index (χ2v) is 4.36. The molecular weight excluding hydrogens is 248 g/mol. The van der Waals surface area contributed by atoms with Crippen LogP contribution in [0.2, 0.25) is 0 Å². The van der Waals surface area contributed by atoms with E-state index in [2.05, 4.69) is 0 Å². The quantitative estimate of drug-likeness (QED) is 0.505. The molecule has 1 aromatic rings. The molecule has 1 saturated heterocycles. The average Bonchev–Trinajstić information content (AvgIpc) is 2.42. The number of nitrogens with zero attached hydrogens (tertiary/aromatic N) is 1. The molecule has 2 N–H and O–H groups in total. The number of carbonyl (C=O) groups is 1. The van der Waals surface area contributed by atoms with Gasteiger partial charge in [0.25, 0.3) is 0 Å². The molecule has 0 radical (unpaired) electrons. The van der Waals surface area contributed by atoms with E-state index in [0.717, 1.165) is 5.56 Å². The summed E-state index contributed by atoms with van der Waals surface area (Å²) in [6.45, 7) is 0.473. The van der Waals surface area contributed by atoms with E-state index in [1.54, 1.807) is 4.90 Å². The maximum atomic E-state index is 11.7. The van der Waals surface area contributed by atoms with Crippen molar-refractivity contribution < 1.29 is 9.53 Å². The highest BCUT2D eigenvalue weighted by Gasteiger charge is 2.37. The van der Waals surface area contributed by atoms with Crippen LogP contribution in [0.25, 0.3) is 6.08 Å². The van der Waals surface area contributed by atoms with Crippen LogP contribution in [-0.4, -0.2) is 35.6 Å². The molecule has 1 fully saturated rings. The van der Waals surface area contributed by atoms with Gasteiger partial charge < -0.3 is 15.4 Å². The van der Waals surface area contributed by atoms with Crippen LogP contribution in [0.15, 0.2) is 36.0 Å². The smallest absolute Gasteiger partial charge is 0.245 e. The van der Waals surface area contributed by atoms with Gasteiger partial charge in [-0.3, -0.25) is 4.79 Å². The molecule has 1 aliphatic rings. The summed E-state index contributed by atoms with van der Waals surface area (Å²) in [5.41, 5.74) is 7.13. The van der Waals surface area contributed by atoms with Crippen molar-refractivity contribution in [3.05, 3.63) is 41.6 Å². The van der Waals surface area contributed by atoms with Crippen molar-refractivity contribution >= 4 is 29.3 Å². The summed E-state index contributed by atoms with van der Waals surface area (Å²) in [5, 5.41) is 0.291. The molecule has 1 amide bonds. The lowest BCUT2D eigenvalue weighted by Gasteiger charge is -2.37. The Bertz CT molecular complexity index is 499. The number of hydrogen-bond acceptors (Lipinski definition) is 4. The standard InChI is InChI=1S/C13H14N2O2S/c1-17-13(18)11(15-8-10(14)12(15)16)7-9-5-3-2-4-6-9/h2-7,10H,8,14H2,1H3. The lowest BCUT2D eigenvalue weighted by molar-refractivity contribution is -0.138. The van der Waals surface area contributed by atoms with E-state index in [-0.39, 0.29) is 5.91 Å². The van der Waals surface area contributed by atoms with Crippen molar-refractivity contribution in [3.63, 3.8) is 0 Å². The van der Waals surface area contributed by atoms with E-state index >= 15 is 0 Å². The fourth-order valence-corrected chi connectivity index (χ4v) is 1.90. The Hall–Kier alpha value is -1.72. The Morgan fingerprint density at radius 2 is 2.17 bits per heavy atom. The minimum atomic E-state index is -0.427. The molecule has 0 spiro atoms. The number of hydrogen-bond donors (Lipinski definition) is 1. The number of likely N-dealkylation sites (tertiary alicyclic amines) is 1. The predicted molar refractivity (Wildman–Crippen MR) is 73.7 cm³/mol. The molecule has 2 rings (SSSR count). The Balaban J connectivity index is 2.29. The van der Waals surface area contributed by atoms with Crippen LogP contribution in [0.5, 0.6) is 0 Å². The normalized spacial score (nSPS) is 19.4. The number of rotatable bonds is 3. The summed E-state index contributed by atoms with van der Waals surface area (Å²) >= 11 is 5.12. The van der Waals surface area contributed by atoms with Crippen molar-refractivity contribution in [1.29, 1.82) is 0 Å². The van der Waals surface area contributed by atoms with Crippen LogP contribution in [0.3, 0.4) is 0 Å². The van der Waals surface area contributed by atoms with E-state index < -0.39 is 6.04 Å². The average molecular weight is 262 g/mol. The van der Waals surface area contributed by atoms with E-state index in [4.69, 9.17) is 22.7 Å². The van der Waals surface area contributed by atoms with Crippen LogP contribution in [0, 0.1) is 0 Å². The van der Waals surface area contributed by atoms with Crippen LogP contribution < -0.4 is 5.73 Å². The number of amides is 1. The molecule has 1 aromatic carbocycles. The maximum Gasteiger partial charge on any atom is 0.245 e. The van der Waals surface area contributed by atoms with Crippen LogP contribution in [0.4, 0.5) is 0 Å². The zero-order valence-electron chi connectivity index (χ0n) is 10.00. The monoisotopic (exact) mass is 262 g/mol. The van der Waals surface area contributed by atoms with Gasteiger partial charge in [0.15, 0.2) is 0 Å². The molecule has 0 bridgehead atoms. The number of ether oxygens (including phenoxy) is 1. The van der Waals surface area contributed by atoms with Crippen LogP contribution in [0.1, 0.15) is 5.56 Å². The van der Waals surface area contributed by atoms with Crippen molar-refractivity contribution in [3.8, 4) is 0 Å². The third-order valence-electron chi connectivity index (χ3n) is 2.75. The summed E-state index contributed by atoms with van der Waals surface area (Å²) in [4.78, 5) is 13.2. The zero-order chi connectivity index (χ0) is 13.1. The largest absolute Gasteiger partial charge is 0.485 e. The highest BCUT2D eigenvalue weighted by Crippen LogP contribution is 2.20. The van der Waals surface area contributed by atoms with Crippen molar-refractivity contribution in [1.82, 2.24) is 4.90 Å². The maximum absolute atomic E-state index is 11.7. The van der Waals surface area contributed by atoms with E-state index in [0.29, 0.717) is 17.3 Å². The van der Waals surface area contributed by atoms with Gasteiger partial charge in [-0.05, 0) is 23.9 Å². The van der Waals surface area contributed by atoms with Crippen LogP contribution in [-0.2, 0) is 9.53 Å². The Kier molecular flexibility index (Phi) is 3.74. The number of thiocarbonyl (C=S) groups is 1. The molecular formula is C13H14N2O2S. The van der Waals surface area contributed by atoms with Crippen molar-refractivity contribution in [2.75, 3.05) is 13.7 Å². The molecule has 1 aliphatic heterocycles. The fourth-order valence-electron chi connectivity index (χ4n) is 1.73. The Labute approximate surface area is 111 Å². The third kappa shape index (κ3) is 2.42. The first-order valence-corrected chi connectivity index (χ1v) is 5.96. The number of nitrogens with two attached hydrogens (primary N) is 1. The molecule has 18 heavy (non-hydrogen) atoms. The predicted octanol–water partition coefficient (Wildman–Crippen LogP) is 1.17. The third-order valence-corrected chi connectivity index (χ3v) is 3.13. The van der Waals surface area contributed by atoms with Crippen molar-refractivity contribution in [2.24, 2.45) is 5.73 Å². The van der Waals surface area contributed by atoms with E-state index in [1.165, 1.54) is 7.11 Å². The number of benzene rings is 1. The molecule has 1 atom stereocenters. The lowest BCUT2D eigenvalue weighted by Crippen LogP contribution is -2.60. The van der Waals surface area contributed by atoms with Gasteiger partial charge in [-0.15, -0.1) is 0 Å². The fraction of sp³-hybridized carbons (Fsp3) is 0.231. The van der Waals surface area contributed by atoms with Gasteiger partial charge in [0.05, 0.1) is 19.4 Å². The summed E-state index contributed by atoms with van der Waals surface area (Å²) in [6.07, 6.45) is 1.83. The second-order valence-electron chi connectivity index (χ2n) is 3.99. The summed E-state index contributed by atoms with van der Waals surface area (Å²) in [6, 6.07) is 9.21. The Morgan fingerprint density at radius 1 is 1.50 bits per heavy atom. The van der Waals surface area contributed by atoms with Gasteiger partial charge in [0.1, 0.15) is 6.04 Å². The first-order valence-electron chi connectivity index (χ1n) is 5.55. The van der Waals surface area contributed by atoms with Gasteiger partial charge in [-0.1, -0.05) is 30.3 Å². The summed E-state index contributed by atoms with van der Waals surface area (Å²) in [7, 11) is 1.49. The minimum absolute atomic E-state index is 0.128. The van der Waals surface area contributed by atoms with E-state index in [9.17, 15) is 4.79 Å². The molecule has 4 nitrogen and oxygen atoms in total. The number of carbonyl (C=O) groups excluding carboxylic acids is 1. The molecule has 0 saturated carbocycles. The lowest BCUT2D eigenvalue weighted by atomic mass is 10.1. The van der Waals surface area contributed by atoms with Gasteiger partial charge in [0.2, 0.25) is 11.0 Å². The highest BCUT2D eigenvalue weighted by molar-refractivity contribution is 7.80.